The average Bonchev–Trinajstić information content (AvgIpc) is 2.62. The second kappa shape index (κ2) is 7.99. The van der Waals surface area contributed by atoms with E-state index in [2.05, 4.69) is 22.3 Å². The maximum atomic E-state index is 11.5. The Bertz CT molecular complexity index is 546. The highest BCUT2D eigenvalue weighted by Gasteiger charge is 2.34. The van der Waals surface area contributed by atoms with Crippen molar-refractivity contribution in [2.24, 2.45) is 5.92 Å². The monoisotopic (exact) mass is 332 g/mol. The molecule has 132 valence electrons. The predicted molar refractivity (Wildman–Crippen MR) is 93.2 cm³/mol. The topological polar surface area (TPSA) is 50.8 Å². The van der Waals surface area contributed by atoms with Crippen LogP contribution in [0.3, 0.4) is 0 Å². The Labute approximate surface area is 144 Å². The molecule has 1 aromatic carbocycles. The molecule has 1 unspecified atom stereocenters. The number of benzene rings is 1. The van der Waals surface area contributed by atoms with E-state index in [1.807, 2.05) is 12.1 Å². The highest BCUT2D eigenvalue weighted by atomic mass is 16.5. The molecular formula is C19H28N2O3. The summed E-state index contributed by atoms with van der Waals surface area (Å²) in [5.41, 5.74) is 1.34. The van der Waals surface area contributed by atoms with Crippen LogP contribution in [-0.2, 0) is 16.0 Å². The van der Waals surface area contributed by atoms with E-state index in [1.54, 1.807) is 7.11 Å². The molecule has 2 aliphatic heterocycles. The van der Waals surface area contributed by atoms with Crippen molar-refractivity contribution in [1.82, 2.24) is 10.2 Å². The molecule has 5 heteroatoms. The number of fused-ring (bicyclic) bond motifs is 1. The second-order valence-electron chi connectivity index (χ2n) is 6.98. The Morgan fingerprint density at radius 1 is 1.29 bits per heavy atom. The molecule has 2 aliphatic rings. The minimum absolute atomic E-state index is 0.0744. The van der Waals surface area contributed by atoms with Crippen LogP contribution >= 0.6 is 0 Å². The third-order valence-corrected chi connectivity index (χ3v) is 5.37. The van der Waals surface area contributed by atoms with Crippen molar-refractivity contribution in [1.29, 1.82) is 0 Å². The van der Waals surface area contributed by atoms with E-state index in [0.29, 0.717) is 24.4 Å². The summed E-state index contributed by atoms with van der Waals surface area (Å²) < 4.78 is 10.0. The number of piperazine rings is 1. The van der Waals surface area contributed by atoms with E-state index in [4.69, 9.17) is 9.47 Å². The van der Waals surface area contributed by atoms with E-state index >= 15 is 0 Å². The molecule has 0 aliphatic carbocycles. The number of rotatable bonds is 5. The molecule has 2 fully saturated rings. The number of hydrogen-bond acceptors (Lipinski definition) is 5. The molecule has 0 spiro atoms. The molecule has 2 heterocycles. The lowest BCUT2D eigenvalue weighted by molar-refractivity contribution is -0.142. The van der Waals surface area contributed by atoms with Gasteiger partial charge in [-0.3, -0.25) is 9.69 Å². The standard InChI is InChI=1S/C19H28N2O3/c1-23-18-5-3-14(4-6-18)9-16-13-21-8-7-15(11-19(22)24-2)10-17(21)12-20-16/h3-6,15-17,20H,7-13H2,1-2H3/t15?,16-,17+/m0/s1. The van der Waals surface area contributed by atoms with E-state index in [1.165, 1.54) is 12.7 Å². The van der Waals surface area contributed by atoms with Gasteiger partial charge in [0.25, 0.3) is 0 Å². The van der Waals surface area contributed by atoms with Gasteiger partial charge < -0.3 is 14.8 Å². The molecule has 0 aromatic heterocycles. The van der Waals surface area contributed by atoms with Crippen molar-refractivity contribution in [3.8, 4) is 5.75 Å². The highest BCUT2D eigenvalue weighted by Crippen LogP contribution is 2.28. The number of hydrogen-bond donors (Lipinski definition) is 1. The van der Waals surface area contributed by atoms with Gasteiger partial charge in [-0.05, 0) is 49.4 Å². The lowest BCUT2D eigenvalue weighted by atomic mass is 9.86. The fraction of sp³-hybridized carbons (Fsp3) is 0.632. The smallest absolute Gasteiger partial charge is 0.305 e. The van der Waals surface area contributed by atoms with Gasteiger partial charge in [-0.2, -0.15) is 0 Å². The van der Waals surface area contributed by atoms with Crippen molar-refractivity contribution in [3.63, 3.8) is 0 Å². The van der Waals surface area contributed by atoms with Crippen molar-refractivity contribution in [2.75, 3.05) is 33.9 Å². The van der Waals surface area contributed by atoms with Gasteiger partial charge in [0.2, 0.25) is 0 Å². The fourth-order valence-electron chi connectivity index (χ4n) is 3.97. The summed E-state index contributed by atoms with van der Waals surface area (Å²) in [4.78, 5) is 14.1. The number of nitrogens with one attached hydrogen (secondary N) is 1. The summed E-state index contributed by atoms with van der Waals surface area (Å²) in [6, 6.07) is 9.40. The van der Waals surface area contributed by atoms with E-state index < -0.39 is 0 Å². The minimum Gasteiger partial charge on any atom is -0.497 e. The first-order valence-electron chi connectivity index (χ1n) is 8.85. The maximum Gasteiger partial charge on any atom is 0.305 e. The number of piperidine rings is 1. The lowest BCUT2D eigenvalue weighted by Gasteiger charge is -2.45. The van der Waals surface area contributed by atoms with Crippen molar-refractivity contribution in [2.45, 2.75) is 37.8 Å². The summed E-state index contributed by atoms with van der Waals surface area (Å²) in [5, 5.41) is 3.69. The molecule has 24 heavy (non-hydrogen) atoms. The van der Waals surface area contributed by atoms with Crippen LogP contribution in [0.2, 0.25) is 0 Å². The van der Waals surface area contributed by atoms with Crippen LogP contribution in [0.25, 0.3) is 0 Å². The Kier molecular flexibility index (Phi) is 5.74. The molecule has 0 bridgehead atoms. The quantitative estimate of drug-likeness (QED) is 0.834. The number of carbonyl (C=O) groups excluding carboxylic acids is 1. The average molecular weight is 332 g/mol. The Morgan fingerprint density at radius 3 is 2.79 bits per heavy atom. The first-order chi connectivity index (χ1) is 11.7. The zero-order valence-corrected chi connectivity index (χ0v) is 14.7. The summed E-state index contributed by atoms with van der Waals surface area (Å²) in [6.45, 7) is 3.19. The zero-order valence-electron chi connectivity index (χ0n) is 14.7. The van der Waals surface area contributed by atoms with Gasteiger partial charge in [0.1, 0.15) is 5.75 Å². The van der Waals surface area contributed by atoms with Gasteiger partial charge in [-0.25, -0.2) is 0 Å². The van der Waals surface area contributed by atoms with Gasteiger partial charge in [0, 0.05) is 31.6 Å². The molecule has 1 N–H and O–H groups in total. The van der Waals surface area contributed by atoms with E-state index in [-0.39, 0.29) is 5.97 Å². The fourth-order valence-corrected chi connectivity index (χ4v) is 3.97. The van der Waals surface area contributed by atoms with E-state index in [9.17, 15) is 4.79 Å². The number of methoxy groups -OCH3 is 2. The molecule has 0 amide bonds. The lowest BCUT2D eigenvalue weighted by Crippen LogP contribution is -2.59. The SMILES string of the molecule is COC(=O)CC1CCN2C[C@H](Cc3ccc(OC)cc3)NC[C@H]2C1. The number of esters is 1. The van der Waals surface area contributed by atoms with Gasteiger partial charge in [-0.1, -0.05) is 12.1 Å². The maximum absolute atomic E-state index is 11.5. The molecule has 3 rings (SSSR count). The van der Waals surface area contributed by atoms with E-state index in [0.717, 1.165) is 44.6 Å². The third-order valence-electron chi connectivity index (χ3n) is 5.37. The van der Waals surface area contributed by atoms with Gasteiger partial charge in [0.15, 0.2) is 0 Å². The Hall–Kier alpha value is -1.59. The van der Waals surface area contributed by atoms with Crippen LogP contribution in [-0.4, -0.2) is 56.8 Å². The largest absolute Gasteiger partial charge is 0.497 e. The summed E-state index contributed by atoms with van der Waals surface area (Å²) in [6.07, 6.45) is 3.80. The molecule has 2 saturated heterocycles. The van der Waals surface area contributed by atoms with Crippen LogP contribution in [0, 0.1) is 5.92 Å². The first-order valence-corrected chi connectivity index (χ1v) is 8.85. The molecule has 5 nitrogen and oxygen atoms in total. The van der Waals surface area contributed by atoms with Crippen LogP contribution < -0.4 is 10.1 Å². The zero-order chi connectivity index (χ0) is 16.9. The van der Waals surface area contributed by atoms with Crippen molar-refractivity contribution < 1.29 is 14.3 Å². The van der Waals surface area contributed by atoms with Crippen LogP contribution in [0.5, 0.6) is 5.75 Å². The van der Waals surface area contributed by atoms with Gasteiger partial charge >= 0.3 is 5.97 Å². The highest BCUT2D eigenvalue weighted by molar-refractivity contribution is 5.69. The Morgan fingerprint density at radius 2 is 2.08 bits per heavy atom. The molecular weight excluding hydrogens is 304 g/mol. The molecule has 3 atom stereocenters. The third kappa shape index (κ3) is 4.28. The molecule has 0 saturated carbocycles. The summed E-state index contributed by atoms with van der Waals surface area (Å²) >= 11 is 0. The Balaban J connectivity index is 1.49. The van der Waals surface area contributed by atoms with Crippen LogP contribution in [0.1, 0.15) is 24.8 Å². The molecule has 0 radical (unpaired) electrons. The van der Waals surface area contributed by atoms with Crippen LogP contribution in [0.4, 0.5) is 0 Å². The summed E-state index contributed by atoms with van der Waals surface area (Å²) in [5.74, 6) is 1.30. The minimum atomic E-state index is -0.0744. The normalized spacial score (nSPS) is 27.3. The van der Waals surface area contributed by atoms with Gasteiger partial charge in [-0.15, -0.1) is 0 Å². The number of nitrogens with zero attached hydrogens (tertiary/aromatic N) is 1. The second-order valence-corrected chi connectivity index (χ2v) is 6.98. The van der Waals surface area contributed by atoms with Crippen LogP contribution in [0.15, 0.2) is 24.3 Å². The summed E-state index contributed by atoms with van der Waals surface area (Å²) in [7, 11) is 3.17. The van der Waals surface area contributed by atoms with Gasteiger partial charge in [0.05, 0.1) is 14.2 Å². The number of ether oxygens (including phenoxy) is 2. The predicted octanol–water partition coefficient (Wildman–Crippen LogP) is 1.85. The van der Waals surface area contributed by atoms with Crippen molar-refractivity contribution in [3.05, 3.63) is 29.8 Å². The first kappa shape index (κ1) is 17.2. The van der Waals surface area contributed by atoms with Crippen molar-refractivity contribution >= 4 is 5.97 Å². The number of carbonyl (C=O) groups is 1. The molecule has 1 aromatic rings.